The molecule has 6 heteroatoms. The fourth-order valence-electron chi connectivity index (χ4n) is 5.55. The van der Waals surface area contributed by atoms with Gasteiger partial charge in [-0.15, -0.1) is 0 Å². The normalized spacial score (nSPS) is 21.9. The molecule has 34 heavy (non-hydrogen) atoms. The second kappa shape index (κ2) is 10.2. The lowest BCUT2D eigenvalue weighted by atomic mass is 9.96. The Morgan fingerprint density at radius 3 is 2.29 bits per heavy atom. The predicted octanol–water partition coefficient (Wildman–Crippen LogP) is 3.66. The first-order valence-electron chi connectivity index (χ1n) is 12.8. The summed E-state index contributed by atoms with van der Waals surface area (Å²) in [7, 11) is 2.17. The number of likely N-dealkylation sites (N-methyl/N-ethyl adjacent to an activating group) is 1. The number of carbonyl (C=O) groups is 2. The third kappa shape index (κ3) is 4.83. The van der Waals surface area contributed by atoms with E-state index < -0.39 is 0 Å². The minimum absolute atomic E-state index is 0.00303. The minimum Gasteiger partial charge on any atom is -0.369 e. The molecular formula is C28H36N4O2. The maximum atomic E-state index is 13.3. The first-order valence-corrected chi connectivity index (χ1v) is 12.8. The average Bonchev–Trinajstić information content (AvgIpc) is 3.25. The topological polar surface area (TPSA) is 47.1 Å². The lowest BCUT2D eigenvalue weighted by molar-refractivity contribution is -0.120. The van der Waals surface area contributed by atoms with E-state index >= 15 is 0 Å². The van der Waals surface area contributed by atoms with Crippen LogP contribution in [0, 0.1) is 5.92 Å². The van der Waals surface area contributed by atoms with Gasteiger partial charge in [-0.1, -0.05) is 18.2 Å². The van der Waals surface area contributed by atoms with Crippen molar-refractivity contribution < 1.29 is 9.59 Å². The van der Waals surface area contributed by atoms with Crippen molar-refractivity contribution in [3.63, 3.8) is 0 Å². The number of carbonyl (C=O) groups excluding carboxylic acids is 2. The van der Waals surface area contributed by atoms with Gasteiger partial charge >= 0.3 is 0 Å². The number of piperazine rings is 1. The number of hydrogen-bond donors (Lipinski definition) is 0. The SMILES string of the molecule is CN1CCN(c2ccccc2CC2CCN(c3ccc(C(=O)N4CCCCC4)cc3)C2=O)CC1. The van der Waals surface area contributed by atoms with Gasteiger partial charge < -0.3 is 19.6 Å². The third-order valence-electron chi connectivity index (χ3n) is 7.69. The molecule has 3 aliphatic rings. The number of hydrogen-bond acceptors (Lipinski definition) is 4. The summed E-state index contributed by atoms with van der Waals surface area (Å²) in [5, 5.41) is 0. The Morgan fingerprint density at radius 1 is 0.853 bits per heavy atom. The van der Waals surface area contributed by atoms with Crippen molar-refractivity contribution in [2.45, 2.75) is 32.1 Å². The molecular weight excluding hydrogens is 424 g/mol. The van der Waals surface area contributed by atoms with Crippen molar-refractivity contribution >= 4 is 23.2 Å². The third-order valence-corrected chi connectivity index (χ3v) is 7.69. The smallest absolute Gasteiger partial charge is 0.253 e. The van der Waals surface area contributed by atoms with Crippen LogP contribution in [0.25, 0.3) is 0 Å². The maximum Gasteiger partial charge on any atom is 0.253 e. The minimum atomic E-state index is 0.00303. The van der Waals surface area contributed by atoms with Crippen LogP contribution in [-0.4, -0.2) is 74.5 Å². The Morgan fingerprint density at radius 2 is 1.56 bits per heavy atom. The number of para-hydroxylation sites is 1. The van der Waals surface area contributed by atoms with E-state index in [9.17, 15) is 9.59 Å². The molecule has 3 saturated heterocycles. The zero-order chi connectivity index (χ0) is 23.5. The second-order valence-electron chi connectivity index (χ2n) is 10.00. The van der Waals surface area contributed by atoms with E-state index in [4.69, 9.17) is 0 Å². The van der Waals surface area contributed by atoms with Crippen molar-refractivity contribution in [1.29, 1.82) is 0 Å². The summed E-state index contributed by atoms with van der Waals surface area (Å²) >= 11 is 0. The summed E-state index contributed by atoms with van der Waals surface area (Å²) in [6.45, 7) is 6.63. The van der Waals surface area contributed by atoms with Gasteiger partial charge in [-0.05, 0) is 75.0 Å². The second-order valence-corrected chi connectivity index (χ2v) is 10.00. The van der Waals surface area contributed by atoms with Crippen LogP contribution < -0.4 is 9.80 Å². The Balaban J connectivity index is 1.24. The number of rotatable bonds is 5. The number of amides is 2. The van der Waals surface area contributed by atoms with Crippen LogP contribution in [0.3, 0.4) is 0 Å². The van der Waals surface area contributed by atoms with Gasteiger partial charge in [0.25, 0.3) is 5.91 Å². The summed E-state index contributed by atoms with van der Waals surface area (Å²) in [5.41, 5.74) is 4.17. The zero-order valence-corrected chi connectivity index (χ0v) is 20.3. The fourth-order valence-corrected chi connectivity index (χ4v) is 5.55. The maximum absolute atomic E-state index is 13.3. The van der Waals surface area contributed by atoms with Crippen LogP contribution in [0.5, 0.6) is 0 Å². The lowest BCUT2D eigenvalue weighted by Crippen LogP contribution is -2.44. The number of nitrogens with zero attached hydrogens (tertiary/aromatic N) is 4. The average molecular weight is 461 g/mol. The highest BCUT2D eigenvalue weighted by Gasteiger charge is 2.33. The number of benzene rings is 2. The summed E-state index contributed by atoms with van der Waals surface area (Å²) in [6.07, 6.45) is 5.03. The molecule has 0 saturated carbocycles. The Hall–Kier alpha value is -2.86. The summed E-state index contributed by atoms with van der Waals surface area (Å²) < 4.78 is 0. The van der Waals surface area contributed by atoms with E-state index in [1.165, 1.54) is 17.7 Å². The van der Waals surface area contributed by atoms with Gasteiger partial charge in [0, 0.05) is 68.7 Å². The van der Waals surface area contributed by atoms with Crippen molar-refractivity contribution in [2.24, 2.45) is 5.92 Å². The van der Waals surface area contributed by atoms with Crippen molar-refractivity contribution in [3.05, 3.63) is 59.7 Å². The number of piperidine rings is 1. The molecule has 2 aromatic carbocycles. The standard InChI is InChI=1S/C28H36N4O2/c1-29-17-19-30(20-18-29)26-8-4-3-7-23(26)21-24-13-16-32(28(24)34)25-11-9-22(10-12-25)27(33)31-14-5-2-6-15-31/h3-4,7-12,24H,2,5-6,13-21H2,1H3. The number of anilines is 2. The van der Waals surface area contributed by atoms with Gasteiger partial charge in [-0.2, -0.15) is 0 Å². The van der Waals surface area contributed by atoms with Gasteiger partial charge in [-0.3, -0.25) is 9.59 Å². The first-order chi connectivity index (χ1) is 16.6. The molecule has 6 nitrogen and oxygen atoms in total. The molecule has 2 amide bonds. The zero-order valence-electron chi connectivity index (χ0n) is 20.3. The molecule has 2 aromatic rings. The van der Waals surface area contributed by atoms with E-state index in [-0.39, 0.29) is 17.7 Å². The Bertz CT molecular complexity index is 1010. The molecule has 0 spiro atoms. The lowest BCUT2D eigenvalue weighted by Gasteiger charge is -2.35. The Labute approximate surface area is 203 Å². The van der Waals surface area contributed by atoms with Gasteiger partial charge in [0.15, 0.2) is 0 Å². The molecule has 0 bridgehead atoms. The van der Waals surface area contributed by atoms with Crippen molar-refractivity contribution in [1.82, 2.24) is 9.80 Å². The van der Waals surface area contributed by atoms with Crippen LogP contribution in [0.15, 0.2) is 48.5 Å². The summed E-state index contributed by atoms with van der Waals surface area (Å²) in [5.74, 6) is 0.309. The van der Waals surface area contributed by atoms with Crippen molar-refractivity contribution in [2.75, 3.05) is 62.7 Å². The van der Waals surface area contributed by atoms with Crippen LogP contribution in [0.1, 0.15) is 41.6 Å². The molecule has 180 valence electrons. The van der Waals surface area contributed by atoms with Gasteiger partial charge in [-0.25, -0.2) is 0 Å². The Kier molecular flexibility index (Phi) is 6.86. The number of likely N-dealkylation sites (tertiary alicyclic amines) is 1. The molecule has 1 atom stereocenters. The van der Waals surface area contributed by atoms with Crippen molar-refractivity contribution in [3.8, 4) is 0 Å². The van der Waals surface area contributed by atoms with Gasteiger partial charge in [0.2, 0.25) is 5.91 Å². The van der Waals surface area contributed by atoms with E-state index in [1.807, 2.05) is 34.1 Å². The molecule has 0 radical (unpaired) electrons. The largest absolute Gasteiger partial charge is 0.369 e. The highest BCUT2D eigenvalue weighted by atomic mass is 16.2. The van der Waals surface area contributed by atoms with Crippen LogP contribution in [0.4, 0.5) is 11.4 Å². The monoisotopic (exact) mass is 460 g/mol. The van der Waals surface area contributed by atoms with E-state index in [0.717, 1.165) is 82.7 Å². The highest BCUT2D eigenvalue weighted by Crippen LogP contribution is 2.31. The molecule has 0 aromatic heterocycles. The molecule has 3 fully saturated rings. The van der Waals surface area contributed by atoms with E-state index in [1.54, 1.807) is 0 Å². The first kappa shape index (κ1) is 22.9. The van der Waals surface area contributed by atoms with E-state index in [2.05, 4.69) is 41.1 Å². The molecule has 3 aliphatic heterocycles. The molecule has 0 aliphatic carbocycles. The van der Waals surface area contributed by atoms with Crippen LogP contribution >= 0.6 is 0 Å². The summed E-state index contributed by atoms with van der Waals surface area (Å²) in [4.78, 5) is 34.8. The molecule has 3 heterocycles. The fraction of sp³-hybridized carbons (Fsp3) is 0.500. The van der Waals surface area contributed by atoms with Gasteiger partial charge in [0.1, 0.15) is 0 Å². The summed E-state index contributed by atoms with van der Waals surface area (Å²) in [6, 6.07) is 16.2. The predicted molar refractivity (Wildman–Crippen MR) is 137 cm³/mol. The van der Waals surface area contributed by atoms with Crippen LogP contribution in [-0.2, 0) is 11.2 Å². The quantitative estimate of drug-likeness (QED) is 0.683. The van der Waals surface area contributed by atoms with Crippen LogP contribution in [0.2, 0.25) is 0 Å². The molecule has 0 N–H and O–H groups in total. The van der Waals surface area contributed by atoms with Gasteiger partial charge in [0.05, 0.1) is 0 Å². The van der Waals surface area contributed by atoms with E-state index in [0.29, 0.717) is 0 Å². The highest BCUT2D eigenvalue weighted by molar-refractivity contribution is 5.99. The molecule has 1 unspecified atom stereocenters. The molecule has 5 rings (SSSR count).